The van der Waals surface area contributed by atoms with Gasteiger partial charge in [-0.05, 0) is 38.0 Å². The van der Waals surface area contributed by atoms with Gasteiger partial charge in [0.05, 0.1) is 18.8 Å². The van der Waals surface area contributed by atoms with Crippen molar-refractivity contribution >= 4 is 0 Å². The number of rotatable bonds is 5. The molecule has 0 radical (unpaired) electrons. The van der Waals surface area contributed by atoms with Crippen molar-refractivity contribution in [3.05, 3.63) is 29.6 Å². The summed E-state index contributed by atoms with van der Waals surface area (Å²) in [7, 11) is 0. The van der Waals surface area contributed by atoms with Crippen molar-refractivity contribution in [3.8, 4) is 11.8 Å². The van der Waals surface area contributed by atoms with Gasteiger partial charge in [-0.3, -0.25) is 0 Å². The van der Waals surface area contributed by atoms with E-state index in [1.54, 1.807) is 6.92 Å². The monoisotopic (exact) mass is 249 g/mol. The second-order valence-electron chi connectivity index (χ2n) is 4.98. The Morgan fingerprint density at radius 1 is 1.56 bits per heavy atom. The van der Waals surface area contributed by atoms with Gasteiger partial charge in [-0.25, -0.2) is 4.39 Å². The Morgan fingerprint density at radius 3 is 2.83 bits per heavy atom. The van der Waals surface area contributed by atoms with Gasteiger partial charge < -0.3 is 9.84 Å². The van der Waals surface area contributed by atoms with Crippen LogP contribution in [0.1, 0.15) is 37.9 Å². The minimum atomic E-state index is -0.776. The van der Waals surface area contributed by atoms with Crippen LogP contribution in [0.25, 0.3) is 0 Å². The van der Waals surface area contributed by atoms with Crippen molar-refractivity contribution in [2.24, 2.45) is 5.41 Å². The molecule has 1 aliphatic carbocycles. The van der Waals surface area contributed by atoms with Gasteiger partial charge in [-0.1, -0.05) is 0 Å². The lowest BCUT2D eigenvalue weighted by molar-refractivity contribution is 0.183. The van der Waals surface area contributed by atoms with Gasteiger partial charge >= 0.3 is 0 Å². The number of ether oxygens (including phenoxy) is 1. The van der Waals surface area contributed by atoms with E-state index < -0.39 is 11.9 Å². The van der Waals surface area contributed by atoms with Crippen LogP contribution in [0.3, 0.4) is 0 Å². The summed E-state index contributed by atoms with van der Waals surface area (Å²) >= 11 is 0. The maximum atomic E-state index is 13.1. The molecule has 1 aromatic rings. The first-order valence-electron chi connectivity index (χ1n) is 6.04. The first kappa shape index (κ1) is 12.8. The predicted molar refractivity (Wildman–Crippen MR) is 64.4 cm³/mol. The van der Waals surface area contributed by atoms with Crippen LogP contribution in [0.2, 0.25) is 0 Å². The quantitative estimate of drug-likeness (QED) is 0.872. The minimum Gasteiger partial charge on any atom is -0.493 e. The Labute approximate surface area is 106 Å². The number of aliphatic hydroxyl groups excluding tert-OH is 1. The predicted octanol–water partition coefficient (Wildman–Crippen LogP) is 2.95. The zero-order valence-corrected chi connectivity index (χ0v) is 10.3. The molecular weight excluding hydrogens is 233 g/mol. The molecule has 0 aliphatic heterocycles. The highest BCUT2D eigenvalue weighted by molar-refractivity contribution is 5.35. The normalized spacial score (nSPS) is 17.9. The number of benzene rings is 1. The molecule has 1 fully saturated rings. The van der Waals surface area contributed by atoms with E-state index in [0.29, 0.717) is 24.3 Å². The second kappa shape index (κ2) is 4.95. The number of aliphatic hydroxyl groups is 1. The Morgan fingerprint density at radius 2 is 2.28 bits per heavy atom. The van der Waals surface area contributed by atoms with Gasteiger partial charge in [-0.15, -0.1) is 0 Å². The van der Waals surface area contributed by atoms with E-state index in [2.05, 4.69) is 6.07 Å². The van der Waals surface area contributed by atoms with Crippen molar-refractivity contribution in [1.29, 1.82) is 5.26 Å². The molecule has 0 amide bonds. The summed E-state index contributed by atoms with van der Waals surface area (Å²) in [5.41, 5.74) is 0.418. The fraction of sp³-hybridized carbons (Fsp3) is 0.500. The lowest BCUT2D eigenvalue weighted by Gasteiger charge is -2.17. The van der Waals surface area contributed by atoms with Crippen LogP contribution in [-0.4, -0.2) is 11.7 Å². The van der Waals surface area contributed by atoms with Crippen molar-refractivity contribution < 1.29 is 14.2 Å². The van der Waals surface area contributed by atoms with Crippen LogP contribution in [0.15, 0.2) is 18.2 Å². The van der Waals surface area contributed by atoms with E-state index in [4.69, 9.17) is 10.00 Å². The molecule has 96 valence electrons. The van der Waals surface area contributed by atoms with Gasteiger partial charge in [0, 0.05) is 17.4 Å². The van der Waals surface area contributed by atoms with Crippen LogP contribution < -0.4 is 4.74 Å². The molecule has 0 saturated heterocycles. The SMILES string of the molecule is C[C@H](O)c1cc(F)ccc1OCC1(CC#N)CC1. The lowest BCUT2D eigenvalue weighted by atomic mass is 10.1. The van der Waals surface area contributed by atoms with Gasteiger partial charge in [-0.2, -0.15) is 5.26 Å². The number of hydrogen-bond acceptors (Lipinski definition) is 3. The molecule has 1 N–H and O–H groups in total. The fourth-order valence-electron chi connectivity index (χ4n) is 1.92. The van der Waals surface area contributed by atoms with Crippen LogP contribution >= 0.6 is 0 Å². The molecule has 1 atom stereocenters. The third kappa shape index (κ3) is 2.80. The zero-order chi connectivity index (χ0) is 13.2. The molecule has 0 unspecified atom stereocenters. The van der Waals surface area contributed by atoms with Crippen LogP contribution in [0.4, 0.5) is 4.39 Å². The highest BCUT2D eigenvalue weighted by atomic mass is 19.1. The standard InChI is InChI=1S/C14H16FNO2/c1-10(17)12-8-11(15)2-3-13(12)18-9-14(4-5-14)6-7-16/h2-3,8,10,17H,4-6,9H2,1H3/t10-/m0/s1. The van der Waals surface area contributed by atoms with Crippen LogP contribution in [0.5, 0.6) is 5.75 Å². The van der Waals surface area contributed by atoms with Crippen molar-refractivity contribution in [2.45, 2.75) is 32.3 Å². The number of nitriles is 1. The van der Waals surface area contributed by atoms with Gasteiger partial charge in [0.1, 0.15) is 11.6 Å². The molecule has 1 aromatic carbocycles. The van der Waals surface area contributed by atoms with Crippen LogP contribution in [-0.2, 0) is 0 Å². The van der Waals surface area contributed by atoms with Gasteiger partial charge in [0.25, 0.3) is 0 Å². The molecular formula is C14H16FNO2. The highest BCUT2D eigenvalue weighted by Crippen LogP contribution is 2.48. The molecule has 0 aromatic heterocycles. The molecule has 0 heterocycles. The maximum absolute atomic E-state index is 13.1. The largest absolute Gasteiger partial charge is 0.493 e. The van der Waals surface area contributed by atoms with Crippen molar-refractivity contribution in [2.75, 3.05) is 6.61 Å². The average Bonchev–Trinajstić information content (AvgIpc) is 3.08. The molecule has 3 nitrogen and oxygen atoms in total. The molecule has 4 heteroatoms. The second-order valence-corrected chi connectivity index (χ2v) is 4.98. The van der Waals surface area contributed by atoms with E-state index in [-0.39, 0.29) is 5.41 Å². The van der Waals surface area contributed by atoms with Crippen molar-refractivity contribution in [1.82, 2.24) is 0 Å². The van der Waals surface area contributed by atoms with Crippen molar-refractivity contribution in [3.63, 3.8) is 0 Å². The molecule has 2 rings (SSSR count). The van der Waals surface area contributed by atoms with Gasteiger partial charge in [0.15, 0.2) is 0 Å². The average molecular weight is 249 g/mol. The van der Waals surface area contributed by atoms with Crippen LogP contribution in [0, 0.1) is 22.6 Å². The third-order valence-corrected chi connectivity index (χ3v) is 3.37. The number of halogens is 1. The smallest absolute Gasteiger partial charge is 0.125 e. The summed E-state index contributed by atoms with van der Waals surface area (Å²) in [6, 6.07) is 6.28. The Hall–Kier alpha value is -1.60. The maximum Gasteiger partial charge on any atom is 0.125 e. The Bertz CT molecular complexity index is 475. The summed E-state index contributed by atoms with van der Waals surface area (Å²) in [6.07, 6.45) is 1.69. The van der Waals surface area contributed by atoms with E-state index in [9.17, 15) is 9.50 Å². The highest BCUT2D eigenvalue weighted by Gasteiger charge is 2.43. The van der Waals surface area contributed by atoms with E-state index in [1.807, 2.05) is 0 Å². The van der Waals surface area contributed by atoms with E-state index in [0.717, 1.165) is 12.8 Å². The summed E-state index contributed by atoms with van der Waals surface area (Å²) < 4.78 is 18.8. The molecule has 1 aliphatic rings. The molecule has 1 saturated carbocycles. The number of nitrogens with zero attached hydrogens (tertiary/aromatic N) is 1. The Balaban J connectivity index is 2.08. The lowest BCUT2D eigenvalue weighted by Crippen LogP contribution is -2.13. The van der Waals surface area contributed by atoms with E-state index >= 15 is 0 Å². The summed E-state index contributed by atoms with van der Waals surface area (Å²) in [6.45, 7) is 2.02. The molecule has 0 bridgehead atoms. The number of hydrogen-bond donors (Lipinski definition) is 1. The Kier molecular flexibility index (Phi) is 3.53. The van der Waals surface area contributed by atoms with E-state index in [1.165, 1.54) is 18.2 Å². The first-order chi connectivity index (χ1) is 8.56. The fourth-order valence-corrected chi connectivity index (χ4v) is 1.92. The summed E-state index contributed by atoms with van der Waals surface area (Å²) in [5, 5.41) is 18.3. The molecule has 0 spiro atoms. The topological polar surface area (TPSA) is 53.2 Å². The third-order valence-electron chi connectivity index (χ3n) is 3.37. The zero-order valence-electron chi connectivity index (χ0n) is 10.3. The summed E-state index contributed by atoms with van der Waals surface area (Å²) in [4.78, 5) is 0. The molecule has 18 heavy (non-hydrogen) atoms. The minimum absolute atomic E-state index is 0.0287. The first-order valence-corrected chi connectivity index (χ1v) is 6.04. The summed E-state index contributed by atoms with van der Waals surface area (Å²) in [5.74, 6) is 0.104. The van der Waals surface area contributed by atoms with Gasteiger partial charge in [0.2, 0.25) is 0 Å².